The minimum absolute atomic E-state index is 0.168. The minimum atomic E-state index is -0.168. The molecule has 1 heterocycles. The van der Waals surface area contributed by atoms with Crippen LogP contribution in [0.25, 0.3) is 44.7 Å². The molecule has 0 amide bonds. The second kappa shape index (κ2) is 9.63. The molecule has 0 spiro atoms. The topological polar surface area (TPSA) is 8.81 Å². The van der Waals surface area contributed by atoms with E-state index in [-0.39, 0.29) is 17.7 Å². The zero-order chi connectivity index (χ0) is 26.4. The molecule has 0 aliphatic heterocycles. The van der Waals surface area contributed by atoms with Crippen LogP contribution in [0, 0.1) is 12.7 Å². The van der Waals surface area contributed by atoms with Crippen LogP contribution in [0.2, 0.25) is 0 Å². The maximum absolute atomic E-state index is 15.9. The normalized spacial score (nSPS) is 11.7. The van der Waals surface area contributed by atoms with Gasteiger partial charge in [0, 0.05) is 5.56 Å². The fourth-order valence-corrected chi connectivity index (χ4v) is 5.66. The number of benzene rings is 4. The molecule has 3 heteroatoms. The summed E-state index contributed by atoms with van der Waals surface area (Å²) < 4.78 is 20.4. The summed E-state index contributed by atoms with van der Waals surface area (Å²) in [7, 11) is 4.18. The Labute approximate surface area is 220 Å². The van der Waals surface area contributed by atoms with E-state index in [4.69, 9.17) is 0 Å². The van der Waals surface area contributed by atoms with Crippen molar-refractivity contribution in [2.24, 2.45) is 14.1 Å². The number of halogens is 1. The summed E-state index contributed by atoms with van der Waals surface area (Å²) in [4.78, 5) is 0. The van der Waals surface area contributed by atoms with E-state index in [1.807, 2.05) is 13.0 Å². The van der Waals surface area contributed by atoms with Gasteiger partial charge in [-0.25, -0.2) is 13.5 Å². The van der Waals surface area contributed by atoms with Crippen LogP contribution in [0.3, 0.4) is 0 Å². The Hall–Kier alpha value is -3.72. The van der Waals surface area contributed by atoms with E-state index in [9.17, 15) is 0 Å². The third-order valence-electron chi connectivity index (χ3n) is 7.61. The lowest BCUT2D eigenvalue weighted by Gasteiger charge is -2.23. The molecular formula is C34H36FN2+. The predicted molar refractivity (Wildman–Crippen MR) is 153 cm³/mol. The van der Waals surface area contributed by atoms with Crippen LogP contribution in [0.4, 0.5) is 4.39 Å². The first-order valence-electron chi connectivity index (χ1n) is 13.2. The summed E-state index contributed by atoms with van der Waals surface area (Å²) in [5.41, 5.74) is 10.7. The van der Waals surface area contributed by atoms with Crippen molar-refractivity contribution in [1.29, 1.82) is 0 Å². The quantitative estimate of drug-likeness (QED) is 0.217. The Kier molecular flexibility index (Phi) is 6.49. The summed E-state index contributed by atoms with van der Waals surface area (Å²) in [5.74, 6) is 1.39. The van der Waals surface area contributed by atoms with Gasteiger partial charge >= 0.3 is 0 Å². The van der Waals surface area contributed by atoms with E-state index in [1.54, 1.807) is 6.07 Å². The second-order valence-electron chi connectivity index (χ2n) is 10.8. The van der Waals surface area contributed by atoms with E-state index in [2.05, 4.69) is 118 Å². The highest BCUT2D eigenvalue weighted by Gasteiger charge is 2.27. The highest BCUT2D eigenvalue weighted by atomic mass is 19.1. The van der Waals surface area contributed by atoms with Crippen LogP contribution in [0.15, 0.2) is 78.9 Å². The Morgan fingerprint density at radius 3 is 1.92 bits per heavy atom. The molecule has 188 valence electrons. The molecule has 0 radical (unpaired) electrons. The molecule has 0 N–H and O–H groups in total. The SMILES string of the molecule is Cc1cc(F)c(-c2c(C(C)C)cc(-c3ccccc3)cc2C(C)C)cc1-c1n(C)c2ccccc2[n+]1C. The monoisotopic (exact) mass is 491 g/mol. The molecule has 0 aliphatic carbocycles. The van der Waals surface area contributed by atoms with Gasteiger partial charge < -0.3 is 0 Å². The van der Waals surface area contributed by atoms with Crippen molar-refractivity contribution in [3.05, 3.63) is 101 Å². The molecule has 5 rings (SSSR count). The first kappa shape index (κ1) is 25.0. The first-order valence-corrected chi connectivity index (χ1v) is 13.2. The Morgan fingerprint density at radius 2 is 1.32 bits per heavy atom. The molecule has 1 aromatic heterocycles. The van der Waals surface area contributed by atoms with Gasteiger partial charge in [0.1, 0.15) is 5.82 Å². The second-order valence-corrected chi connectivity index (χ2v) is 10.8. The maximum Gasteiger partial charge on any atom is 0.289 e. The Morgan fingerprint density at radius 1 is 0.730 bits per heavy atom. The summed E-state index contributed by atoms with van der Waals surface area (Å²) in [6, 6.07) is 27.2. The molecular weight excluding hydrogens is 455 g/mol. The maximum atomic E-state index is 15.9. The predicted octanol–water partition coefficient (Wildman–Crippen LogP) is 8.70. The van der Waals surface area contributed by atoms with Crippen LogP contribution in [-0.2, 0) is 14.1 Å². The van der Waals surface area contributed by atoms with E-state index >= 15 is 4.39 Å². The molecule has 4 aromatic carbocycles. The van der Waals surface area contributed by atoms with Gasteiger partial charge in [0.15, 0.2) is 11.0 Å². The van der Waals surface area contributed by atoms with Crippen molar-refractivity contribution in [1.82, 2.24) is 4.57 Å². The van der Waals surface area contributed by atoms with Gasteiger partial charge in [0.05, 0.1) is 19.7 Å². The number of aromatic nitrogens is 2. The van der Waals surface area contributed by atoms with Gasteiger partial charge in [-0.3, -0.25) is 0 Å². The highest BCUT2D eigenvalue weighted by molar-refractivity contribution is 5.83. The Balaban J connectivity index is 1.81. The number of hydrogen-bond donors (Lipinski definition) is 0. The number of aryl methyl sites for hydroxylation is 3. The van der Waals surface area contributed by atoms with Gasteiger partial charge in [-0.2, -0.15) is 0 Å². The molecule has 0 bridgehead atoms. The third kappa shape index (κ3) is 4.27. The van der Waals surface area contributed by atoms with Gasteiger partial charge in [-0.15, -0.1) is 0 Å². The summed E-state index contributed by atoms with van der Waals surface area (Å²) in [6.07, 6.45) is 0. The number of hydrogen-bond acceptors (Lipinski definition) is 0. The molecule has 0 aliphatic rings. The number of rotatable bonds is 5. The molecule has 0 fully saturated rings. The number of nitrogens with zero attached hydrogens (tertiary/aromatic N) is 2. The van der Waals surface area contributed by atoms with E-state index in [0.717, 1.165) is 33.5 Å². The lowest BCUT2D eigenvalue weighted by atomic mass is 9.81. The largest absolute Gasteiger partial charge is 0.289 e. The standard InChI is InChI=1S/C34H36FN2/c1-21(2)26-18-25(24-13-9-8-10-14-24)19-27(22(3)4)33(26)29-20-28(23(5)17-30(29)35)34-36(6)31-15-11-12-16-32(31)37(34)7/h8-22H,1-7H3/q+1. The average molecular weight is 492 g/mol. The lowest BCUT2D eigenvalue weighted by molar-refractivity contribution is -0.634. The van der Waals surface area contributed by atoms with E-state index in [1.165, 1.54) is 22.3 Å². The van der Waals surface area contributed by atoms with Crippen LogP contribution >= 0.6 is 0 Å². The smallest absolute Gasteiger partial charge is 0.226 e. The zero-order valence-corrected chi connectivity index (χ0v) is 22.9. The fourth-order valence-electron chi connectivity index (χ4n) is 5.66. The summed E-state index contributed by atoms with van der Waals surface area (Å²) in [5, 5.41) is 0. The highest BCUT2D eigenvalue weighted by Crippen LogP contribution is 2.42. The van der Waals surface area contributed by atoms with Crippen LogP contribution in [0.1, 0.15) is 56.2 Å². The fraction of sp³-hybridized carbons (Fsp3) is 0.265. The number of fused-ring (bicyclic) bond motifs is 1. The average Bonchev–Trinajstić information content (AvgIpc) is 3.14. The van der Waals surface area contributed by atoms with Gasteiger partial charge in [-0.1, -0.05) is 82.3 Å². The van der Waals surface area contributed by atoms with Crippen molar-refractivity contribution in [3.8, 4) is 33.6 Å². The van der Waals surface area contributed by atoms with Crippen molar-refractivity contribution in [2.75, 3.05) is 0 Å². The first-order chi connectivity index (χ1) is 17.7. The molecule has 37 heavy (non-hydrogen) atoms. The summed E-state index contributed by atoms with van der Waals surface area (Å²) in [6.45, 7) is 10.8. The molecule has 0 atom stereocenters. The van der Waals surface area contributed by atoms with Crippen molar-refractivity contribution in [3.63, 3.8) is 0 Å². The van der Waals surface area contributed by atoms with Gasteiger partial charge in [-0.05, 0) is 76.4 Å². The van der Waals surface area contributed by atoms with Gasteiger partial charge in [0.2, 0.25) is 0 Å². The molecule has 0 saturated heterocycles. The van der Waals surface area contributed by atoms with Crippen LogP contribution < -0.4 is 4.57 Å². The van der Waals surface area contributed by atoms with Crippen molar-refractivity contribution in [2.45, 2.75) is 46.5 Å². The third-order valence-corrected chi connectivity index (χ3v) is 7.61. The van der Waals surface area contributed by atoms with E-state index < -0.39 is 0 Å². The number of para-hydroxylation sites is 2. The van der Waals surface area contributed by atoms with Crippen LogP contribution in [0.5, 0.6) is 0 Å². The van der Waals surface area contributed by atoms with Crippen LogP contribution in [-0.4, -0.2) is 4.57 Å². The Bertz CT molecular complexity index is 1540. The van der Waals surface area contributed by atoms with Gasteiger partial charge in [0.25, 0.3) is 5.82 Å². The van der Waals surface area contributed by atoms with E-state index in [0.29, 0.717) is 5.56 Å². The van der Waals surface area contributed by atoms with Crippen molar-refractivity contribution < 1.29 is 8.96 Å². The van der Waals surface area contributed by atoms with Crippen molar-refractivity contribution >= 4 is 11.0 Å². The number of imidazole rings is 1. The lowest BCUT2D eigenvalue weighted by Crippen LogP contribution is -2.30. The molecule has 0 unspecified atom stereocenters. The summed E-state index contributed by atoms with van der Waals surface area (Å²) >= 11 is 0. The molecule has 5 aromatic rings. The molecule has 0 saturated carbocycles. The minimum Gasteiger partial charge on any atom is -0.226 e. The zero-order valence-electron chi connectivity index (χ0n) is 22.9. The molecule has 2 nitrogen and oxygen atoms in total.